The van der Waals surface area contributed by atoms with Crippen molar-refractivity contribution < 1.29 is 69.9 Å². The number of aromatic nitrogens is 1. The van der Waals surface area contributed by atoms with Gasteiger partial charge >= 0.3 is 12.4 Å². The van der Waals surface area contributed by atoms with Gasteiger partial charge in [0.1, 0.15) is 40.9 Å². The van der Waals surface area contributed by atoms with E-state index >= 15 is 8.78 Å². The molecule has 0 spiro atoms. The summed E-state index contributed by atoms with van der Waals surface area (Å²) in [6, 6.07) is 5.35. The van der Waals surface area contributed by atoms with Crippen molar-refractivity contribution in [2.75, 3.05) is 31.7 Å². The number of ether oxygens (including phenoxy) is 1. The van der Waals surface area contributed by atoms with Gasteiger partial charge in [0.05, 0.1) is 30.9 Å². The topological polar surface area (TPSA) is 156 Å². The van der Waals surface area contributed by atoms with Gasteiger partial charge in [-0.15, -0.1) is 0 Å². The van der Waals surface area contributed by atoms with Crippen LogP contribution < -0.4 is 5.32 Å². The van der Waals surface area contributed by atoms with E-state index in [-0.39, 0.29) is 36.4 Å². The summed E-state index contributed by atoms with van der Waals surface area (Å²) in [7, 11) is 0. The highest BCUT2D eigenvalue weighted by atomic mass is 19.4. The van der Waals surface area contributed by atoms with Crippen molar-refractivity contribution in [2.24, 2.45) is 0 Å². The number of nitrogens with zero attached hydrogens (tertiary/aromatic N) is 3. The Bertz CT molecular complexity index is 2090. The van der Waals surface area contributed by atoms with E-state index in [4.69, 9.17) is 9.84 Å². The number of fused-ring (bicyclic) bond motifs is 1. The third kappa shape index (κ3) is 10.4. The van der Waals surface area contributed by atoms with Gasteiger partial charge in [-0.05, 0) is 69.0 Å². The maximum atomic E-state index is 15.5. The highest BCUT2D eigenvalue weighted by molar-refractivity contribution is 6.24. The van der Waals surface area contributed by atoms with Gasteiger partial charge in [0.15, 0.2) is 0 Å². The van der Waals surface area contributed by atoms with Crippen LogP contribution >= 0.6 is 0 Å². The molecule has 0 radical (unpaired) electrons. The number of unbranched alkanes of at least 4 members (excludes halogenated alkanes) is 3. The van der Waals surface area contributed by atoms with Crippen LogP contribution in [0.25, 0.3) is 11.1 Å². The zero-order chi connectivity index (χ0) is 43.3. The van der Waals surface area contributed by atoms with Gasteiger partial charge in [-0.2, -0.15) is 26.3 Å². The molecule has 1 saturated heterocycles. The summed E-state index contributed by atoms with van der Waals surface area (Å²) in [5, 5.41) is 43.7. The predicted octanol–water partition coefficient (Wildman–Crippen LogP) is 6.27. The number of carbonyl (C=O) groups excluding carboxylic acids is 2. The molecule has 19 heteroatoms. The SMILES string of the molecule is C[C@]12CCCN1N(Cc1c(F)cc(C#CCCCCCOC[C@H](O)[C@@H](O)CO)cc1F)C(=O)C(C(=O)Nc1ccc(C(F)(F)F)cc1-c1ccc(C(F)(F)F)nc1)=C2O. The number of aliphatic hydroxyl groups is 4. The summed E-state index contributed by atoms with van der Waals surface area (Å²) in [6.07, 6.45) is -8.73. The molecule has 0 saturated carbocycles. The van der Waals surface area contributed by atoms with Crippen molar-refractivity contribution in [1.82, 2.24) is 15.0 Å². The summed E-state index contributed by atoms with van der Waals surface area (Å²) in [4.78, 5) is 31.1. The number of pyridine rings is 1. The van der Waals surface area contributed by atoms with E-state index in [0.717, 1.165) is 29.3 Å². The lowest BCUT2D eigenvalue weighted by atomic mass is 9.90. The zero-order valence-corrected chi connectivity index (χ0v) is 31.4. The average Bonchev–Trinajstić information content (AvgIpc) is 3.58. The number of hydrazine groups is 1. The van der Waals surface area contributed by atoms with Crippen molar-refractivity contribution in [3.63, 3.8) is 0 Å². The third-order valence-corrected chi connectivity index (χ3v) is 9.97. The van der Waals surface area contributed by atoms with Crippen LogP contribution in [-0.2, 0) is 33.2 Å². The monoisotopic (exact) mass is 840 g/mol. The summed E-state index contributed by atoms with van der Waals surface area (Å²) >= 11 is 0. The second-order valence-electron chi connectivity index (χ2n) is 14.2. The molecule has 5 N–H and O–H groups in total. The van der Waals surface area contributed by atoms with E-state index in [1.807, 2.05) is 0 Å². The van der Waals surface area contributed by atoms with Crippen molar-refractivity contribution in [2.45, 2.75) is 82.1 Å². The summed E-state index contributed by atoms with van der Waals surface area (Å²) < 4.78 is 117. The number of carbonyl (C=O) groups is 2. The number of rotatable bonds is 14. The molecule has 0 unspecified atom stereocenters. The maximum Gasteiger partial charge on any atom is 0.433 e. The lowest BCUT2D eigenvalue weighted by molar-refractivity contribution is -0.160. The van der Waals surface area contributed by atoms with Gasteiger partial charge in [0, 0.05) is 53.7 Å². The molecule has 3 aromatic rings. The minimum atomic E-state index is -4.90. The Labute approximate surface area is 332 Å². The Hall–Kier alpha value is -5.13. The van der Waals surface area contributed by atoms with Crippen LogP contribution in [0.4, 0.5) is 40.8 Å². The average molecular weight is 841 g/mol. The molecule has 1 fully saturated rings. The summed E-state index contributed by atoms with van der Waals surface area (Å²) in [6.45, 7) is 0.454. The number of nitrogens with one attached hydrogen (secondary N) is 1. The first-order chi connectivity index (χ1) is 27.8. The van der Waals surface area contributed by atoms with Crippen LogP contribution in [0.2, 0.25) is 0 Å². The molecule has 3 heterocycles. The molecule has 2 aromatic carbocycles. The summed E-state index contributed by atoms with van der Waals surface area (Å²) in [5.41, 5.74) is -6.41. The minimum absolute atomic E-state index is 0.00712. The molecule has 3 atom stereocenters. The molecule has 1 aromatic heterocycles. The van der Waals surface area contributed by atoms with E-state index < -0.39 is 100 Å². The number of hydrogen-bond donors (Lipinski definition) is 5. The smallest absolute Gasteiger partial charge is 0.433 e. The van der Waals surface area contributed by atoms with Gasteiger partial charge in [-0.3, -0.25) is 19.6 Å². The lowest BCUT2D eigenvalue weighted by Crippen LogP contribution is -2.60. The fourth-order valence-corrected chi connectivity index (χ4v) is 6.69. The number of anilines is 1. The molecule has 0 bridgehead atoms. The van der Waals surface area contributed by atoms with E-state index in [1.165, 1.54) is 11.9 Å². The Balaban J connectivity index is 1.32. The van der Waals surface area contributed by atoms with Crippen LogP contribution in [0.5, 0.6) is 0 Å². The lowest BCUT2D eigenvalue weighted by Gasteiger charge is -2.46. The van der Waals surface area contributed by atoms with Crippen LogP contribution in [0.15, 0.2) is 60.0 Å². The fraction of sp³-hybridized carbons (Fsp3) is 0.425. The zero-order valence-electron chi connectivity index (χ0n) is 31.4. The quantitative estimate of drug-likeness (QED) is 0.0547. The van der Waals surface area contributed by atoms with Gasteiger partial charge in [0.2, 0.25) is 0 Å². The van der Waals surface area contributed by atoms with Crippen molar-refractivity contribution >= 4 is 17.5 Å². The molecule has 59 heavy (non-hydrogen) atoms. The first kappa shape index (κ1) is 45.0. The van der Waals surface area contributed by atoms with Gasteiger partial charge in [0.25, 0.3) is 11.8 Å². The normalized spacial score (nSPS) is 18.4. The first-order valence-electron chi connectivity index (χ1n) is 18.4. The number of amides is 2. The summed E-state index contributed by atoms with van der Waals surface area (Å²) in [5.74, 6) is 0.211. The third-order valence-electron chi connectivity index (χ3n) is 9.97. The van der Waals surface area contributed by atoms with E-state index in [1.54, 1.807) is 0 Å². The number of aliphatic hydroxyl groups excluding tert-OH is 4. The maximum absolute atomic E-state index is 15.5. The van der Waals surface area contributed by atoms with E-state index in [9.17, 15) is 51.3 Å². The molecule has 2 amide bonds. The largest absolute Gasteiger partial charge is 0.509 e. The predicted molar refractivity (Wildman–Crippen MR) is 194 cm³/mol. The van der Waals surface area contributed by atoms with E-state index in [0.29, 0.717) is 63.1 Å². The Morgan fingerprint density at radius 2 is 1.71 bits per heavy atom. The van der Waals surface area contributed by atoms with Crippen LogP contribution in [0.1, 0.15) is 67.8 Å². The highest BCUT2D eigenvalue weighted by Crippen LogP contribution is 2.43. The fourth-order valence-electron chi connectivity index (χ4n) is 6.69. The number of benzene rings is 2. The molecule has 2 aliphatic heterocycles. The van der Waals surface area contributed by atoms with Crippen LogP contribution in [-0.4, -0.2) is 91.4 Å². The molecule has 0 aliphatic carbocycles. The Morgan fingerprint density at radius 3 is 2.34 bits per heavy atom. The van der Waals surface area contributed by atoms with Gasteiger partial charge in [-0.25, -0.2) is 13.8 Å². The number of alkyl halides is 6. The molecule has 318 valence electrons. The minimum Gasteiger partial charge on any atom is -0.509 e. The Morgan fingerprint density at radius 1 is 1.00 bits per heavy atom. The highest BCUT2D eigenvalue weighted by Gasteiger charge is 2.53. The standard InChI is InChI=1S/C40H40F8N4O7/c1-38-13-7-14-52(38)51(20-27-28(41)16-23(17-29(27)42)8-5-3-2-4-6-15-59-22-32(55)31(54)21-53)37(58)34(35(38)56)36(57)50-30-11-10-25(39(43,44)45)18-26(30)24-9-12-33(49-19-24)40(46,47)48/h9-12,16-19,31-32,53-56H,2-4,6-7,13-15,20-22H2,1H3,(H,50,57)/t31-,32-,38+/m0/s1. The van der Waals surface area contributed by atoms with Crippen LogP contribution in [0.3, 0.4) is 0 Å². The number of halogens is 8. The molecule has 5 rings (SSSR count). The van der Waals surface area contributed by atoms with Gasteiger partial charge in [-0.1, -0.05) is 24.3 Å². The first-order valence-corrected chi connectivity index (χ1v) is 18.4. The molecular formula is C40H40F8N4O7. The molecule has 2 aliphatic rings. The molecule has 11 nitrogen and oxygen atoms in total. The van der Waals surface area contributed by atoms with Crippen LogP contribution in [0, 0.1) is 23.5 Å². The van der Waals surface area contributed by atoms with Crippen molar-refractivity contribution in [3.8, 4) is 23.0 Å². The second kappa shape index (κ2) is 18.4. The van der Waals surface area contributed by atoms with Crippen molar-refractivity contribution in [1.29, 1.82) is 0 Å². The number of hydrogen-bond acceptors (Lipinski definition) is 9. The second-order valence-corrected chi connectivity index (χ2v) is 14.2. The van der Waals surface area contributed by atoms with Crippen molar-refractivity contribution in [3.05, 3.63) is 94.0 Å². The molecular weight excluding hydrogens is 800 g/mol. The Kier molecular flexibility index (Phi) is 14.0. The van der Waals surface area contributed by atoms with Gasteiger partial charge < -0.3 is 30.5 Å². The van der Waals surface area contributed by atoms with E-state index in [2.05, 4.69) is 22.1 Å².